The molecule has 490 valence electrons. The van der Waals surface area contributed by atoms with Gasteiger partial charge in [-0.25, -0.2) is 39.4 Å². The van der Waals surface area contributed by atoms with Gasteiger partial charge >= 0.3 is 0 Å². The van der Waals surface area contributed by atoms with Crippen LogP contribution < -0.4 is 36.9 Å². The van der Waals surface area contributed by atoms with Gasteiger partial charge in [0.1, 0.15) is 0 Å². The van der Waals surface area contributed by atoms with E-state index >= 15 is 0 Å². The molecular weight excluding hydrogens is 1250 g/mol. The highest BCUT2D eigenvalue weighted by atomic mass is 32.2. The first-order valence-electron chi connectivity index (χ1n) is 30.8. The van der Waals surface area contributed by atoms with Crippen molar-refractivity contribution in [2.45, 2.75) is 118 Å². The molecule has 9 N–H and O–H groups in total. The van der Waals surface area contributed by atoms with Gasteiger partial charge in [-0.05, 0) is 228 Å². The van der Waals surface area contributed by atoms with Gasteiger partial charge in [-0.15, -0.1) is 0 Å². The summed E-state index contributed by atoms with van der Waals surface area (Å²) in [6.45, 7) is 8.26. The standard InChI is InChI=1S/C19H22N2O3S.C18H20N2O3S.C18H18N2O2.C17H18N2O3S/c1-13-4-10-17-15(12-13)7-11-18(17)20-19(22)14-5-8-16(9-6-14)25(23,24)21(2)3;1-12-3-9-16-14(11-12)6-10-17(16)20-18(21)13-4-7-15(8-5-13)24(22,23)19-2;1-11-2-8-15-14(10-11)7-9-16(15)20-18(22)13-5-3-12(4-6-13)17(19)21;1-11-2-8-15-13(10-11)5-9-16(15)19-17(20)12-3-6-14(7-4-12)23(18,21)22/h4-6,8-10,12,18H,7,11H2,1-3H3,(H,20,22);3-5,7-9,11,17,19H,6,10H2,1-2H3,(H,20,21);2-6,8,10,16H,7,9H2,1H3,(H2,19,21)(H,20,22);2-4,6-8,10,16H,5,9H2,1H3,(H,19,20)(H2,18,21,22)/t18-;17-;2*16-/m1111/s1. The van der Waals surface area contributed by atoms with Crippen molar-refractivity contribution in [1.82, 2.24) is 30.3 Å². The van der Waals surface area contributed by atoms with Gasteiger partial charge < -0.3 is 27.0 Å². The number of amides is 5. The molecule has 8 aromatic rings. The van der Waals surface area contributed by atoms with Crippen LogP contribution in [0.4, 0.5) is 0 Å². The summed E-state index contributed by atoms with van der Waals surface area (Å²) in [5, 5.41) is 17.2. The predicted octanol–water partition coefficient (Wildman–Crippen LogP) is 9.55. The topological polar surface area (TPSA) is 303 Å². The summed E-state index contributed by atoms with van der Waals surface area (Å²) >= 11 is 0. The minimum atomic E-state index is -3.74. The van der Waals surface area contributed by atoms with Gasteiger partial charge in [0, 0.05) is 41.9 Å². The number of carbonyl (C=O) groups excluding carboxylic acids is 5. The molecule has 0 radical (unpaired) electrons. The third-order valence-corrected chi connectivity index (χ3v) is 21.4. The molecule has 22 heteroatoms. The van der Waals surface area contributed by atoms with Crippen molar-refractivity contribution in [1.29, 1.82) is 0 Å². The molecule has 0 bridgehead atoms. The molecule has 12 rings (SSSR count). The number of benzene rings is 8. The summed E-state index contributed by atoms with van der Waals surface area (Å²) in [5.74, 6) is -1.22. The Balaban J connectivity index is 0.000000148. The fourth-order valence-corrected chi connectivity index (χ4v) is 14.2. The Kier molecular flexibility index (Phi) is 21.7. The van der Waals surface area contributed by atoms with E-state index < -0.39 is 36.0 Å². The van der Waals surface area contributed by atoms with E-state index in [9.17, 15) is 49.2 Å². The van der Waals surface area contributed by atoms with Gasteiger partial charge in [-0.3, -0.25) is 24.0 Å². The normalized spacial score (nSPS) is 16.6. The predicted molar refractivity (Wildman–Crippen MR) is 362 cm³/mol. The zero-order valence-corrected chi connectivity index (χ0v) is 55.9. The molecule has 0 fully saturated rings. The molecule has 94 heavy (non-hydrogen) atoms. The van der Waals surface area contributed by atoms with Crippen LogP contribution in [-0.4, -0.2) is 80.2 Å². The van der Waals surface area contributed by atoms with Crippen molar-refractivity contribution in [3.8, 4) is 0 Å². The quantitative estimate of drug-likeness (QED) is 0.0537. The molecule has 0 unspecified atom stereocenters. The van der Waals surface area contributed by atoms with E-state index in [1.807, 2.05) is 6.07 Å². The van der Waals surface area contributed by atoms with Crippen LogP contribution in [0.1, 0.15) is 168 Å². The molecule has 4 aliphatic carbocycles. The minimum absolute atomic E-state index is 0.00369. The van der Waals surface area contributed by atoms with Gasteiger partial charge in [0.25, 0.3) is 23.6 Å². The largest absolute Gasteiger partial charge is 0.366 e. The molecule has 4 aliphatic rings. The average Bonchev–Trinajstić information content (AvgIpc) is 1.57. The number of carbonyl (C=O) groups is 5. The molecule has 0 spiro atoms. The van der Waals surface area contributed by atoms with Crippen molar-refractivity contribution >= 4 is 59.6 Å². The van der Waals surface area contributed by atoms with E-state index in [1.165, 1.54) is 143 Å². The fraction of sp³-hybridized carbons (Fsp3) is 0.264. The van der Waals surface area contributed by atoms with Crippen LogP contribution in [0.2, 0.25) is 0 Å². The fourth-order valence-electron chi connectivity index (χ4n) is 12.0. The molecular formula is C72H78N8O11S3. The number of sulfonamides is 3. The first-order valence-corrected chi connectivity index (χ1v) is 35.3. The lowest BCUT2D eigenvalue weighted by molar-refractivity contribution is 0.0928. The highest BCUT2D eigenvalue weighted by Gasteiger charge is 2.29. The highest BCUT2D eigenvalue weighted by molar-refractivity contribution is 7.89. The molecule has 0 saturated carbocycles. The smallest absolute Gasteiger partial charge is 0.251 e. The number of primary sulfonamides is 1. The molecule has 0 heterocycles. The van der Waals surface area contributed by atoms with E-state index in [2.05, 4.69) is 120 Å². The number of aryl methyl sites for hydroxylation is 8. The van der Waals surface area contributed by atoms with Crippen molar-refractivity contribution in [3.63, 3.8) is 0 Å². The van der Waals surface area contributed by atoms with Crippen LogP contribution in [0, 0.1) is 27.7 Å². The lowest BCUT2D eigenvalue weighted by Gasteiger charge is -2.15. The minimum Gasteiger partial charge on any atom is -0.366 e. The van der Waals surface area contributed by atoms with Crippen LogP contribution in [0.25, 0.3) is 0 Å². The highest BCUT2D eigenvalue weighted by Crippen LogP contribution is 2.36. The van der Waals surface area contributed by atoms with Crippen molar-refractivity contribution in [3.05, 3.63) is 264 Å². The first-order chi connectivity index (χ1) is 44.6. The summed E-state index contributed by atoms with van der Waals surface area (Å²) in [7, 11) is -6.40. The zero-order valence-electron chi connectivity index (χ0n) is 53.4. The monoisotopic (exact) mass is 1330 g/mol. The maximum atomic E-state index is 12.5. The van der Waals surface area contributed by atoms with Crippen molar-refractivity contribution < 1.29 is 49.2 Å². The Bertz CT molecular complexity index is 4530. The first kappa shape index (κ1) is 69.2. The maximum absolute atomic E-state index is 12.5. The van der Waals surface area contributed by atoms with Gasteiger partial charge in [0.05, 0.1) is 38.9 Å². The second kappa shape index (κ2) is 29.4. The summed E-state index contributed by atoms with van der Waals surface area (Å²) in [4.78, 5) is 61.0. The maximum Gasteiger partial charge on any atom is 0.251 e. The number of nitrogens with one attached hydrogen (secondary N) is 5. The SMILES string of the molecule is CNS(=O)(=O)c1ccc(C(=O)N[C@@H]2CCc3cc(C)ccc32)cc1.Cc1ccc2c(c1)CC[C@H]2NC(=O)c1ccc(C(N)=O)cc1.Cc1ccc2c(c1)CC[C@H]2NC(=O)c1ccc(S(=O)(=O)N(C)C)cc1.Cc1ccc2c(c1)CC[C@H]2NC(=O)c1ccc(S(N)(=O)=O)cc1. The van der Waals surface area contributed by atoms with Gasteiger partial charge in [-0.2, -0.15) is 0 Å². The van der Waals surface area contributed by atoms with E-state index in [1.54, 1.807) is 36.4 Å². The molecule has 19 nitrogen and oxygen atoms in total. The summed E-state index contributed by atoms with van der Waals surface area (Å²) in [6, 6.07) is 49.3. The van der Waals surface area contributed by atoms with Gasteiger partial charge in [-0.1, -0.05) is 95.1 Å². The average molecular weight is 1330 g/mol. The van der Waals surface area contributed by atoms with Crippen LogP contribution in [0.15, 0.2) is 185 Å². The van der Waals surface area contributed by atoms with Crippen LogP contribution >= 0.6 is 0 Å². The third kappa shape index (κ3) is 16.8. The number of fused-ring (bicyclic) bond motifs is 4. The summed E-state index contributed by atoms with van der Waals surface area (Å²) < 4.78 is 73.5. The number of hydrogen-bond donors (Lipinski definition) is 7. The van der Waals surface area contributed by atoms with E-state index in [-0.39, 0.29) is 62.5 Å². The van der Waals surface area contributed by atoms with E-state index in [0.717, 1.165) is 61.2 Å². The van der Waals surface area contributed by atoms with E-state index in [4.69, 9.17) is 10.9 Å². The Morgan fingerprint density at radius 1 is 0.383 bits per heavy atom. The van der Waals surface area contributed by atoms with Crippen molar-refractivity contribution in [2.24, 2.45) is 10.9 Å². The molecule has 0 aliphatic heterocycles. The van der Waals surface area contributed by atoms with Crippen LogP contribution in [0.3, 0.4) is 0 Å². The Morgan fingerprint density at radius 3 is 0.894 bits per heavy atom. The number of hydrogen-bond acceptors (Lipinski definition) is 11. The van der Waals surface area contributed by atoms with Crippen LogP contribution in [-0.2, 0) is 55.8 Å². The molecule has 0 aromatic heterocycles. The lowest BCUT2D eigenvalue weighted by Crippen LogP contribution is -2.27. The number of rotatable bonds is 14. The summed E-state index contributed by atoms with van der Waals surface area (Å²) in [6.07, 6.45) is 7.43. The Hall–Kier alpha value is -9.16. The molecule has 4 atom stereocenters. The summed E-state index contributed by atoms with van der Waals surface area (Å²) in [5.41, 5.74) is 22.2. The van der Waals surface area contributed by atoms with Gasteiger partial charge in [0.15, 0.2) is 0 Å². The Morgan fingerprint density at radius 2 is 0.638 bits per heavy atom. The lowest BCUT2D eigenvalue weighted by atomic mass is 10.0. The Labute approximate surface area is 550 Å². The van der Waals surface area contributed by atoms with Crippen LogP contribution in [0.5, 0.6) is 0 Å². The number of primary amides is 1. The molecule has 8 aromatic carbocycles. The molecule has 0 saturated heterocycles. The van der Waals surface area contributed by atoms with Crippen molar-refractivity contribution in [2.75, 3.05) is 21.1 Å². The third-order valence-electron chi connectivity index (χ3n) is 17.2. The second-order valence-corrected chi connectivity index (χ2v) is 29.7. The van der Waals surface area contributed by atoms with Gasteiger partial charge in [0.2, 0.25) is 36.0 Å². The van der Waals surface area contributed by atoms with E-state index in [0.29, 0.717) is 27.8 Å². The number of nitrogens with two attached hydrogens (primary N) is 2. The number of nitrogens with zero attached hydrogens (tertiary/aromatic N) is 1. The second-order valence-electron chi connectivity index (χ2n) is 24.1. The molecule has 5 amide bonds. The zero-order chi connectivity index (χ0) is 67.8.